The average molecular weight is 224 g/mol. The zero-order chi connectivity index (χ0) is 11.4. The number of nitrogens with two attached hydrogens (primary N) is 1. The summed E-state index contributed by atoms with van der Waals surface area (Å²) in [5, 5.41) is 0. The minimum absolute atomic E-state index is 0.875. The molecular formula is C14H28N2. The molecule has 0 spiro atoms. The lowest BCUT2D eigenvalue weighted by molar-refractivity contribution is 0.0871. The Balaban J connectivity index is 1.80. The van der Waals surface area contributed by atoms with Crippen LogP contribution >= 0.6 is 0 Å². The van der Waals surface area contributed by atoms with E-state index >= 15 is 0 Å². The fraction of sp³-hybridized carbons (Fsp3) is 1.00. The fourth-order valence-corrected chi connectivity index (χ4v) is 3.51. The van der Waals surface area contributed by atoms with Gasteiger partial charge in [-0.05, 0) is 69.9 Å². The summed E-state index contributed by atoms with van der Waals surface area (Å²) < 4.78 is 0. The molecule has 2 heteroatoms. The summed E-state index contributed by atoms with van der Waals surface area (Å²) in [6, 6.07) is 0.900. The van der Waals surface area contributed by atoms with Crippen molar-refractivity contribution in [2.24, 2.45) is 17.6 Å². The van der Waals surface area contributed by atoms with E-state index in [2.05, 4.69) is 11.8 Å². The van der Waals surface area contributed by atoms with Crippen molar-refractivity contribution >= 4 is 0 Å². The molecule has 1 aliphatic carbocycles. The molecule has 94 valence electrons. The summed E-state index contributed by atoms with van der Waals surface area (Å²) in [6.45, 7) is 5.96. The third kappa shape index (κ3) is 3.21. The molecule has 1 saturated carbocycles. The van der Waals surface area contributed by atoms with Crippen LogP contribution in [0, 0.1) is 11.8 Å². The zero-order valence-corrected chi connectivity index (χ0v) is 10.8. The highest BCUT2D eigenvalue weighted by molar-refractivity contribution is 4.82. The maximum absolute atomic E-state index is 5.68. The van der Waals surface area contributed by atoms with Gasteiger partial charge in [0, 0.05) is 12.6 Å². The molecule has 1 saturated heterocycles. The Labute approximate surface area is 101 Å². The second kappa shape index (κ2) is 6.02. The molecule has 2 N–H and O–H groups in total. The average Bonchev–Trinajstić information content (AvgIpc) is 2.31. The van der Waals surface area contributed by atoms with Gasteiger partial charge in [0.1, 0.15) is 0 Å². The van der Waals surface area contributed by atoms with Crippen LogP contribution in [-0.2, 0) is 0 Å². The SMILES string of the molecule is CC1CCC(N2CCCC(CCN)C2)CC1. The van der Waals surface area contributed by atoms with Crippen LogP contribution in [0.25, 0.3) is 0 Å². The highest BCUT2D eigenvalue weighted by Gasteiger charge is 2.27. The van der Waals surface area contributed by atoms with Crippen LogP contribution in [-0.4, -0.2) is 30.6 Å². The standard InChI is InChI=1S/C14H28N2/c1-12-4-6-14(7-5-12)16-10-2-3-13(11-16)8-9-15/h12-14H,2-11,15H2,1H3. The van der Waals surface area contributed by atoms with Gasteiger partial charge in [-0.1, -0.05) is 6.92 Å². The zero-order valence-electron chi connectivity index (χ0n) is 10.8. The van der Waals surface area contributed by atoms with E-state index in [1.54, 1.807) is 0 Å². The van der Waals surface area contributed by atoms with Gasteiger partial charge in [0.2, 0.25) is 0 Å². The molecule has 2 rings (SSSR count). The normalized spacial score (nSPS) is 37.5. The minimum atomic E-state index is 0.875. The van der Waals surface area contributed by atoms with Gasteiger partial charge in [-0.25, -0.2) is 0 Å². The Morgan fingerprint density at radius 1 is 1.12 bits per heavy atom. The summed E-state index contributed by atoms with van der Waals surface area (Å²) in [5.74, 6) is 1.86. The number of hydrogen-bond acceptors (Lipinski definition) is 2. The predicted octanol–water partition coefficient (Wildman–Crippen LogP) is 2.63. The van der Waals surface area contributed by atoms with Crippen LogP contribution in [0.1, 0.15) is 51.9 Å². The molecule has 1 unspecified atom stereocenters. The molecule has 16 heavy (non-hydrogen) atoms. The van der Waals surface area contributed by atoms with E-state index in [-0.39, 0.29) is 0 Å². The monoisotopic (exact) mass is 224 g/mol. The van der Waals surface area contributed by atoms with E-state index < -0.39 is 0 Å². The van der Waals surface area contributed by atoms with E-state index in [0.717, 1.165) is 24.4 Å². The second-order valence-electron chi connectivity index (χ2n) is 5.99. The second-order valence-corrected chi connectivity index (χ2v) is 5.99. The van der Waals surface area contributed by atoms with Crippen LogP contribution in [0.15, 0.2) is 0 Å². The molecular weight excluding hydrogens is 196 g/mol. The lowest BCUT2D eigenvalue weighted by atomic mass is 9.84. The molecule has 1 heterocycles. The van der Waals surface area contributed by atoms with Gasteiger partial charge < -0.3 is 10.6 Å². The predicted molar refractivity (Wildman–Crippen MR) is 69.4 cm³/mol. The summed E-state index contributed by atoms with van der Waals surface area (Å²) >= 11 is 0. The van der Waals surface area contributed by atoms with Crippen molar-refractivity contribution < 1.29 is 0 Å². The summed E-state index contributed by atoms with van der Waals surface area (Å²) in [7, 11) is 0. The Hall–Kier alpha value is -0.0800. The minimum Gasteiger partial charge on any atom is -0.330 e. The quantitative estimate of drug-likeness (QED) is 0.798. The molecule has 0 bridgehead atoms. The van der Waals surface area contributed by atoms with Crippen molar-refractivity contribution in [3.8, 4) is 0 Å². The van der Waals surface area contributed by atoms with E-state index in [4.69, 9.17) is 5.73 Å². The van der Waals surface area contributed by atoms with Gasteiger partial charge in [-0.15, -0.1) is 0 Å². The van der Waals surface area contributed by atoms with Gasteiger partial charge in [0.25, 0.3) is 0 Å². The number of rotatable bonds is 3. The lowest BCUT2D eigenvalue weighted by Crippen LogP contribution is -2.44. The first kappa shape index (κ1) is 12.4. The van der Waals surface area contributed by atoms with Crippen molar-refractivity contribution in [3.05, 3.63) is 0 Å². The first-order valence-electron chi connectivity index (χ1n) is 7.23. The molecule has 1 atom stereocenters. The Morgan fingerprint density at radius 2 is 1.88 bits per heavy atom. The maximum atomic E-state index is 5.68. The van der Waals surface area contributed by atoms with Crippen LogP contribution in [0.2, 0.25) is 0 Å². The van der Waals surface area contributed by atoms with E-state index in [1.807, 2.05) is 0 Å². The van der Waals surface area contributed by atoms with Gasteiger partial charge in [-0.2, -0.15) is 0 Å². The topological polar surface area (TPSA) is 29.3 Å². The third-order valence-electron chi connectivity index (χ3n) is 4.63. The van der Waals surface area contributed by atoms with Crippen molar-refractivity contribution in [2.75, 3.05) is 19.6 Å². The highest BCUT2D eigenvalue weighted by Crippen LogP contribution is 2.30. The van der Waals surface area contributed by atoms with Crippen molar-refractivity contribution in [1.82, 2.24) is 4.90 Å². The molecule has 0 aromatic rings. The molecule has 2 aliphatic rings. The van der Waals surface area contributed by atoms with Crippen molar-refractivity contribution in [1.29, 1.82) is 0 Å². The number of hydrogen-bond donors (Lipinski definition) is 1. The smallest absolute Gasteiger partial charge is 0.00955 e. The molecule has 0 radical (unpaired) electrons. The van der Waals surface area contributed by atoms with Gasteiger partial charge >= 0.3 is 0 Å². The fourth-order valence-electron chi connectivity index (χ4n) is 3.51. The molecule has 0 amide bonds. The number of nitrogens with zero attached hydrogens (tertiary/aromatic N) is 1. The first-order valence-corrected chi connectivity index (χ1v) is 7.23. The van der Waals surface area contributed by atoms with Crippen LogP contribution in [0.3, 0.4) is 0 Å². The Kier molecular flexibility index (Phi) is 4.66. The Morgan fingerprint density at radius 3 is 2.56 bits per heavy atom. The van der Waals surface area contributed by atoms with Crippen molar-refractivity contribution in [2.45, 2.75) is 57.9 Å². The summed E-state index contributed by atoms with van der Waals surface area (Å²) in [5.41, 5.74) is 5.68. The molecule has 1 aliphatic heterocycles. The number of piperidine rings is 1. The van der Waals surface area contributed by atoms with E-state index in [1.165, 1.54) is 58.0 Å². The maximum Gasteiger partial charge on any atom is 0.00955 e. The van der Waals surface area contributed by atoms with Crippen LogP contribution < -0.4 is 5.73 Å². The first-order chi connectivity index (χ1) is 7.79. The number of likely N-dealkylation sites (tertiary alicyclic amines) is 1. The molecule has 0 aromatic carbocycles. The van der Waals surface area contributed by atoms with E-state index in [0.29, 0.717) is 0 Å². The summed E-state index contributed by atoms with van der Waals surface area (Å²) in [6.07, 6.45) is 9.83. The molecule has 0 aromatic heterocycles. The largest absolute Gasteiger partial charge is 0.330 e. The molecule has 2 nitrogen and oxygen atoms in total. The van der Waals surface area contributed by atoms with Gasteiger partial charge in [0.15, 0.2) is 0 Å². The van der Waals surface area contributed by atoms with Crippen LogP contribution in [0.5, 0.6) is 0 Å². The van der Waals surface area contributed by atoms with Gasteiger partial charge in [0.05, 0.1) is 0 Å². The van der Waals surface area contributed by atoms with Crippen molar-refractivity contribution in [3.63, 3.8) is 0 Å². The highest BCUT2D eigenvalue weighted by atomic mass is 15.2. The van der Waals surface area contributed by atoms with Gasteiger partial charge in [-0.3, -0.25) is 0 Å². The van der Waals surface area contributed by atoms with E-state index in [9.17, 15) is 0 Å². The lowest BCUT2D eigenvalue weighted by Gasteiger charge is -2.41. The summed E-state index contributed by atoms with van der Waals surface area (Å²) in [4.78, 5) is 2.77. The molecule has 2 fully saturated rings. The Bertz CT molecular complexity index is 195. The van der Waals surface area contributed by atoms with Crippen LogP contribution in [0.4, 0.5) is 0 Å². The third-order valence-corrected chi connectivity index (χ3v) is 4.63.